The van der Waals surface area contributed by atoms with Crippen LogP contribution < -0.4 is 22.6 Å². The summed E-state index contributed by atoms with van der Waals surface area (Å²) < 4.78 is 0. The highest BCUT2D eigenvalue weighted by Gasteiger charge is 2.08. The Balaban J connectivity index is 0.000000845. The molecule has 1 saturated heterocycles. The fourth-order valence-electron chi connectivity index (χ4n) is 1.56. The van der Waals surface area contributed by atoms with Gasteiger partial charge in [0.05, 0.1) is 0 Å². The number of benzene rings is 1. The molecule has 0 bridgehead atoms. The van der Waals surface area contributed by atoms with Crippen LogP contribution in [-0.4, -0.2) is 26.2 Å². The van der Waals surface area contributed by atoms with E-state index in [0.29, 0.717) is 0 Å². The minimum Gasteiger partial charge on any atom is -1.00 e. The summed E-state index contributed by atoms with van der Waals surface area (Å²) >= 11 is 0. The fraction of sp³-hybridized carbons (Fsp3) is 0.400. The van der Waals surface area contributed by atoms with Crippen molar-refractivity contribution in [3.63, 3.8) is 0 Å². The summed E-state index contributed by atoms with van der Waals surface area (Å²) in [6.07, 6.45) is 0. The van der Waals surface area contributed by atoms with Gasteiger partial charge in [0.1, 0.15) is 0 Å². The second kappa shape index (κ2) is 5.10. The van der Waals surface area contributed by atoms with Crippen LogP contribution in [0.15, 0.2) is 30.3 Å². The highest BCUT2D eigenvalue weighted by atomic mass is 35.5. The second-order valence-corrected chi connectivity index (χ2v) is 3.07. The number of nitrogens with zero attached hydrogens (tertiary/aromatic N) is 1. The van der Waals surface area contributed by atoms with Crippen molar-refractivity contribution in [3.8, 4) is 0 Å². The van der Waals surface area contributed by atoms with Gasteiger partial charge in [0, 0.05) is 31.9 Å². The summed E-state index contributed by atoms with van der Waals surface area (Å²) in [7, 11) is 0. The first-order chi connectivity index (χ1) is 5.97. The summed E-state index contributed by atoms with van der Waals surface area (Å²) in [5.74, 6) is 0. The maximum Gasteiger partial charge on any atom is 0.0367 e. The lowest BCUT2D eigenvalue weighted by molar-refractivity contribution is -0.00000243. The predicted molar refractivity (Wildman–Crippen MR) is 51.5 cm³/mol. The van der Waals surface area contributed by atoms with Crippen LogP contribution in [0.5, 0.6) is 0 Å². The largest absolute Gasteiger partial charge is 1.00 e. The molecule has 1 N–H and O–H groups in total. The normalized spacial score (nSPS) is 16.5. The van der Waals surface area contributed by atoms with Crippen molar-refractivity contribution < 1.29 is 12.4 Å². The maximum absolute atomic E-state index is 3.34. The van der Waals surface area contributed by atoms with Gasteiger partial charge in [0.15, 0.2) is 0 Å². The zero-order chi connectivity index (χ0) is 8.23. The van der Waals surface area contributed by atoms with E-state index in [-0.39, 0.29) is 12.4 Å². The monoisotopic (exact) mass is 197 g/mol. The molecule has 1 fully saturated rings. The van der Waals surface area contributed by atoms with Crippen LogP contribution in [0, 0.1) is 0 Å². The molecule has 13 heavy (non-hydrogen) atoms. The minimum atomic E-state index is 0. The van der Waals surface area contributed by atoms with E-state index in [4.69, 9.17) is 0 Å². The first kappa shape index (κ1) is 10.4. The zero-order valence-corrected chi connectivity index (χ0v) is 8.30. The van der Waals surface area contributed by atoms with Gasteiger partial charge in [-0.3, -0.25) is 0 Å². The Bertz CT molecular complexity index is 232. The van der Waals surface area contributed by atoms with Crippen LogP contribution >= 0.6 is 0 Å². The molecular weight excluding hydrogens is 184 g/mol. The highest BCUT2D eigenvalue weighted by molar-refractivity contribution is 5.46. The first-order valence-corrected chi connectivity index (χ1v) is 4.47. The lowest BCUT2D eigenvalue weighted by Gasteiger charge is -2.29. The van der Waals surface area contributed by atoms with Crippen molar-refractivity contribution in [1.29, 1.82) is 0 Å². The van der Waals surface area contributed by atoms with E-state index in [9.17, 15) is 0 Å². The molecule has 0 atom stereocenters. The number of halogens is 1. The Morgan fingerprint density at radius 3 is 2.23 bits per heavy atom. The number of hydrogen-bond acceptors (Lipinski definition) is 2. The van der Waals surface area contributed by atoms with Gasteiger partial charge < -0.3 is 22.6 Å². The van der Waals surface area contributed by atoms with Crippen LogP contribution in [0.25, 0.3) is 0 Å². The lowest BCUT2D eigenvalue weighted by atomic mass is 10.2. The van der Waals surface area contributed by atoms with E-state index >= 15 is 0 Å². The maximum atomic E-state index is 3.34. The molecule has 0 radical (unpaired) electrons. The van der Waals surface area contributed by atoms with Crippen LogP contribution in [0.2, 0.25) is 0 Å². The van der Waals surface area contributed by atoms with Crippen LogP contribution in [0.3, 0.4) is 0 Å². The number of nitrogens with one attached hydrogen (secondary N) is 1. The van der Waals surface area contributed by atoms with Crippen molar-refractivity contribution in [1.82, 2.24) is 5.32 Å². The molecule has 0 aliphatic carbocycles. The van der Waals surface area contributed by atoms with Gasteiger partial charge in [0.25, 0.3) is 0 Å². The fourth-order valence-corrected chi connectivity index (χ4v) is 1.56. The summed E-state index contributed by atoms with van der Waals surface area (Å²) in [6, 6.07) is 10.6. The van der Waals surface area contributed by atoms with Gasteiger partial charge in [0.2, 0.25) is 0 Å². The summed E-state index contributed by atoms with van der Waals surface area (Å²) in [4.78, 5) is 2.41. The molecule has 1 aliphatic heterocycles. The molecule has 0 saturated carbocycles. The Morgan fingerprint density at radius 2 is 1.62 bits per heavy atom. The standard InChI is InChI=1S/C10H14N2.ClH/c1-2-4-10(5-3-1)12-8-6-11-7-9-12;/h1-5,11H,6-9H2;1H/p-1. The molecule has 72 valence electrons. The average molecular weight is 198 g/mol. The van der Waals surface area contributed by atoms with E-state index in [1.165, 1.54) is 5.69 Å². The van der Waals surface area contributed by atoms with Gasteiger partial charge in [-0.15, -0.1) is 0 Å². The van der Waals surface area contributed by atoms with Crippen LogP contribution in [0.4, 0.5) is 5.69 Å². The highest BCUT2D eigenvalue weighted by Crippen LogP contribution is 2.12. The van der Waals surface area contributed by atoms with Gasteiger partial charge in [-0.25, -0.2) is 0 Å². The second-order valence-electron chi connectivity index (χ2n) is 3.07. The molecule has 0 amide bonds. The van der Waals surface area contributed by atoms with Crippen LogP contribution in [0.1, 0.15) is 0 Å². The van der Waals surface area contributed by atoms with Crippen molar-refractivity contribution in [2.24, 2.45) is 0 Å². The molecule has 1 heterocycles. The average Bonchev–Trinajstić information content (AvgIpc) is 2.21. The molecule has 3 heteroatoms. The number of anilines is 1. The zero-order valence-electron chi connectivity index (χ0n) is 7.54. The van der Waals surface area contributed by atoms with Gasteiger partial charge in [-0.2, -0.15) is 0 Å². The molecule has 0 unspecified atom stereocenters. The summed E-state index contributed by atoms with van der Waals surface area (Å²) in [5, 5.41) is 3.34. The van der Waals surface area contributed by atoms with Crippen molar-refractivity contribution in [2.45, 2.75) is 0 Å². The SMILES string of the molecule is [Cl-].c1ccc(N2CCNCC2)cc1. The van der Waals surface area contributed by atoms with E-state index in [1.807, 2.05) is 0 Å². The lowest BCUT2D eigenvalue weighted by Crippen LogP contribution is -3.00. The topological polar surface area (TPSA) is 15.3 Å². The third-order valence-corrected chi connectivity index (χ3v) is 2.24. The Hall–Kier alpha value is -0.730. The smallest absolute Gasteiger partial charge is 0.0367 e. The van der Waals surface area contributed by atoms with Crippen molar-refractivity contribution in [2.75, 3.05) is 31.1 Å². The number of piperazine rings is 1. The summed E-state index contributed by atoms with van der Waals surface area (Å²) in [6.45, 7) is 4.47. The Labute approximate surface area is 85.3 Å². The van der Waals surface area contributed by atoms with Crippen molar-refractivity contribution >= 4 is 5.69 Å². The van der Waals surface area contributed by atoms with E-state index in [0.717, 1.165) is 26.2 Å². The predicted octanol–water partition coefficient (Wildman–Crippen LogP) is -1.90. The minimum absolute atomic E-state index is 0. The molecule has 1 aromatic carbocycles. The Morgan fingerprint density at radius 1 is 1.00 bits per heavy atom. The quantitative estimate of drug-likeness (QED) is 0.566. The van der Waals surface area contributed by atoms with Crippen molar-refractivity contribution in [3.05, 3.63) is 30.3 Å². The third-order valence-electron chi connectivity index (χ3n) is 2.24. The van der Waals surface area contributed by atoms with Gasteiger partial charge in [-0.1, -0.05) is 18.2 Å². The molecule has 1 aliphatic rings. The van der Waals surface area contributed by atoms with Gasteiger partial charge in [-0.05, 0) is 12.1 Å². The van der Waals surface area contributed by atoms with Gasteiger partial charge >= 0.3 is 0 Å². The number of hydrogen-bond donors (Lipinski definition) is 1. The van der Waals surface area contributed by atoms with E-state index in [1.54, 1.807) is 0 Å². The number of para-hydroxylation sites is 1. The molecule has 0 aromatic heterocycles. The van der Waals surface area contributed by atoms with E-state index in [2.05, 4.69) is 40.5 Å². The summed E-state index contributed by atoms with van der Waals surface area (Å²) in [5.41, 5.74) is 1.35. The molecular formula is C10H14ClN2-. The van der Waals surface area contributed by atoms with E-state index < -0.39 is 0 Å². The third kappa shape index (κ3) is 2.61. The Kier molecular flexibility index (Phi) is 4.06. The van der Waals surface area contributed by atoms with Crippen LogP contribution in [-0.2, 0) is 0 Å². The molecule has 1 aromatic rings. The molecule has 2 nitrogen and oxygen atoms in total. The number of rotatable bonds is 1. The first-order valence-electron chi connectivity index (χ1n) is 4.47. The molecule has 0 spiro atoms. The molecule has 2 rings (SSSR count).